The molecule has 52 heavy (non-hydrogen) atoms. The summed E-state index contributed by atoms with van der Waals surface area (Å²) < 4.78 is 0. The number of benzene rings is 2. The molecule has 2 aromatic carbocycles. The van der Waals surface area contributed by atoms with Crippen molar-refractivity contribution in [3.63, 3.8) is 0 Å². The number of hydrogen-bond donors (Lipinski definition) is 2. The van der Waals surface area contributed by atoms with Gasteiger partial charge in [-0.05, 0) is 71.9 Å². The Kier molecular flexibility index (Phi) is 13.1. The monoisotopic (exact) mass is 702 g/mol. The van der Waals surface area contributed by atoms with E-state index in [1.807, 2.05) is 60.7 Å². The van der Waals surface area contributed by atoms with Crippen molar-refractivity contribution in [1.82, 2.24) is 9.97 Å². The molecule has 0 aliphatic heterocycles. The molecule has 8 nitrogen and oxygen atoms in total. The maximum Gasteiger partial charge on any atom is 0.180 e. The van der Waals surface area contributed by atoms with Crippen molar-refractivity contribution >= 4 is 23.1 Å². The van der Waals surface area contributed by atoms with Crippen LogP contribution in [0.15, 0.2) is 84.9 Å². The van der Waals surface area contributed by atoms with Crippen LogP contribution < -0.4 is 0 Å². The summed E-state index contributed by atoms with van der Waals surface area (Å²) in [5.41, 5.74) is 4.66. The second-order valence-electron chi connectivity index (χ2n) is 14.4. The van der Waals surface area contributed by atoms with Gasteiger partial charge in [-0.15, -0.1) is 0 Å². The zero-order valence-electron chi connectivity index (χ0n) is 30.6. The predicted molar refractivity (Wildman–Crippen MR) is 201 cm³/mol. The van der Waals surface area contributed by atoms with E-state index in [9.17, 15) is 29.4 Å². The molecular formula is C44H50N2O6. The Bertz CT molecular complexity index is 1740. The summed E-state index contributed by atoms with van der Waals surface area (Å²) in [4.78, 5) is 58.8. The van der Waals surface area contributed by atoms with Gasteiger partial charge in [-0.2, -0.15) is 0 Å². The van der Waals surface area contributed by atoms with Gasteiger partial charge < -0.3 is 10.2 Å². The van der Waals surface area contributed by atoms with Crippen LogP contribution in [0.5, 0.6) is 0 Å². The SMILES string of the molecule is CCC(=O)c1cc(C(=O)C[C@H]2C[C@@H]2C)cc(C(CO)c2ccccc2)n1.CCC(=O)c1cc(C(=O)C[C@H]2C[C@@H]2C)cc(C(CO)c2ccccc2)n1. The Morgan fingerprint density at radius 1 is 0.596 bits per heavy atom. The number of pyridine rings is 2. The molecule has 2 unspecified atom stereocenters. The zero-order chi connectivity index (χ0) is 37.4. The van der Waals surface area contributed by atoms with E-state index in [0.29, 0.717) is 83.3 Å². The number of carbonyl (C=O) groups is 4. The van der Waals surface area contributed by atoms with E-state index in [0.717, 1.165) is 24.0 Å². The lowest BCUT2D eigenvalue weighted by molar-refractivity contribution is 0.0961. The first-order valence-corrected chi connectivity index (χ1v) is 18.5. The predicted octanol–water partition coefficient (Wildman–Crippen LogP) is 8.05. The molecule has 4 aromatic rings. The summed E-state index contributed by atoms with van der Waals surface area (Å²) in [5, 5.41) is 19.9. The van der Waals surface area contributed by atoms with Gasteiger partial charge in [0.15, 0.2) is 23.1 Å². The summed E-state index contributed by atoms with van der Waals surface area (Å²) in [7, 11) is 0. The van der Waals surface area contributed by atoms with Crippen molar-refractivity contribution in [3.8, 4) is 0 Å². The fourth-order valence-electron chi connectivity index (χ4n) is 6.62. The van der Waals surface area contributed by atoms with Gasteiger partial charge in [0.1, 0.15) is 11.4 Å². The van der Waals surface area contributed by atoms with E-state index < -0.39 is 0 Å². The van der Waals surface area contributed by atoms with Gasteiger partial charge in [-0.1, -0.05) is 88.4 Å². The molecule has 0 bridgehead atoms. The van der Waals surface area contributed by atoms with Gasteiger partial charge in [0.25, 0.3) is 0 Å². The van der Waals surface area contributed by atoms with Crippen LogP contribution in [0.2, 0.25) is 0 Å². The number of hydrogen-bond acceptors (Lipinski definition) is 8. The third-order valence-corrected chi connectivity index (χ3v) is 10.5. The number of aliphatic hydroxyl groups excluding tert-OH is 2. The molecule has 2 aliphatic rings. The molecule has 6 atom stereocenters. The van der Waals surface area contributed by atoms with Gasteiger partial charge in [-0.25, -0.2) is 9.97 Å². The van der Waals surface area contributed by atoms with Gasteiger partial charge >= 0.3 is 0 Å². The summed E-state index contributed by atoms with van der Waals surface area (Å²) in [6.07, 6.45) is 3.87. The second kappa shape index (κ2) is 17.7. The fraction of sp³-hybridized carbons (Fsp3) is 0.409. The van der Waals surface area contributed by atoms with E-state index in [1.165, 1.54) is 0 Å². The highest BCUT2D eigenvalue weighted by molar-refractivity contribution is 6.01. The Labute approximate surface area is 306 Å². The Morgan fingerprint density at radius 3 is 1.23 bits per heavy atom. The highest BCUT2D eigenvalue weighted by Crippen LogP contribution is 2.42. The molecule has 2 aromatic heterocycles. The normalized spacial score (nSPS) is 19.8. The first kappa shape index (κ1) is 38.6. The standard InChI is InChI=1S/2C22H25NO3/c2*1-3-21(25)20-11-17(22(26)12-16-9-14(16)2)10-19(23-20)18(13-24)15-7-5-4-6-8-15/h2*4-8,10-11,14,16,18,24H,3,9,12-13H2,1-2H3/t2*14-,16+,18?/m00/s1. The van der Waals surface area contributed by atoms with Crippen LogP contribution in [0, 0.1) is 23.7 Å². The van der Waals surface area contributed by atoms with Crippen molar-refractivity contribution in [2.45, 2.75) is 78.1 Å². The molecule has 2 fully saturated rings. The van der Waals surface area contributed by atoms with Crippen LogP contribution in [0.4, 0.5) is 0 Å². The minimum Gasteiger partial charge on any atom is -0.395 e. The molecule has 272 valence electrons. The number of Topliss-reactive ketones (excluding diaryl/α,β-unsaturated/α-hetero) is 4. The van der Waals surface area contributed by atoms with Gasteiger partial charge in [0.2, 0.25) is 0 Å². The minimum absolute atomic E-state index is 0.0536. The smallest absolute Gasteiger partial charge is 0.180 e. The van der Waals surface area contributed by atoms with Crippen LogP contribution in [0.3, 0.4) is 0 Å². The molecular weight excluding hydrogens is 652 g/mol. The van der Waals surface area contributed by atoms with Gasteiger partial charge in [0, 0.05) is 48.6 Å². The fourth-order valence-corrected chi connectivity index (χ4v) is 6.62. The molecule has 2 heterocycles. The first-order valence-electron chi connectivity index (χ1n) is 18.5. The Hall–Kier alpha value is -4.66. The number of rotatable bonds is 16. The van der Waals surface area contributed by atoms with Crippen LogP contribution >= 0.6 is 0 Å². The lowest BCUT2D eigenvalue weighted by Gasteiger charge is -2.16. The van der Waals surface area contributed by atoms with E-state index >= 15 is 0 Å². The Balaban J connectivity index is 0.000000201. The van der Waals surface area contributed by atoms with Crippen molar-refractivity contribution in [1.29, 1.82) is 0 Å². The molecule has 2 saturated carbocycles. The molecule has 2 N–H and O–H groups in total. The second-order valence-corrected chi connectivity index (χ2v) is 14.4. The molecule has 0 saturated heterocycles. The largest absolute Gasteiger partial charge is 0.395 e. The third kappa shape index (κ3) is 9.81. The van der Waals surface area contributed by atoms with E-state index in [-0.39, 0.29) is 48.2 Å². The summed E-state index contributed by atoms with van der Waals surface area (Å²) in [5.74, 6) is 1.32. The third-order valence-electron chi connectivity index (χ3n) is 10.5. The highest BCUT2D eigenvalue weighted by Gasteiger charge is 2.35. The molecule has 0 spiro atoms. The molecule has 8 heteroatoms. The van der Waals surface area contributed by atoms with Crippen LogP contribution in [0.25, 0.3) is 0 Å². The molecule has 0 radical (unpaired) electrons. The van der Waals surface area contributed by atoms with Crippen molar-refractivity contribution < 1.29 is 29.4 Å². The topological polar surface area (TPSA) is 135 Å². The maximum atomic E-state index is 12.7. The van der Waals surface area contributed by atoms with Crippen LogP contribution in [-0.2, 0) is 0 Å². The van der Waals surface area contributed by atoms with E-state index in [1.54, 1.807) is 38.1 Å². The van der Waals surface area contributed by atoms with E-state index in [4.69, 9.17) is 0 Å². The number of ketones is 4. The average Bonchev–Trinajstić information content (AvgIpc) is 4.08. The number of nitrogens with zero attached hydrogens (tertiary/aromatic N) is 2. The highest BCUT2D eigenvalue weighted by atomic mass is 16.3. The van der Waals surface area contributed by atoms with E-state index in [2.05, 4.69) is 23.8 Å². The van der Waals surface area contributed by atoms with Crippen LogP contribution in [-0.4, -0.2) is 56.5 Å². The van der Waals surface area contributed by atoms with Crippen molar-refractivity contribution in [2.24, 2.45) is 23.7 Å². The number of aliphatic hydroxyl groups is 2. The lowest BCUT2D eigenvalue weighted by atomic mass is 9.93. The summed E-state index contributed by atoms with van der Waals surface area (Å²) >= 11 is 0. The number of carbonyl (C=O) groups excluding carboxylic acids is 4. The van der Waals surface area contributed by atoms with Crippen molar-refractivity contribution in [3.05, 3.63) is 130 Å². The maximum absolute atomic E-state index is 12.7. The zero-order valence-corrected chi connectivity index (χ0v) is 30.6. The van der Waals surface area contributed by atoms with Gasteiger partial charge in [0.05, 0.1) is 24.6 Å². The quantitative estimate of drug-likeness (QED) is 0.112. The van der Waals surface area contributed by atoms with Crippen LogP contribution in [0.1, 0.15) is 142 Å². The van der Waals surface area contributed by atoms with Crippen molar-refractivity contribution in [2.75, 3.05) is 13.2 Å². The van der Waals surface area contributed by atoms with Gasteiger partial charge in [-0.3, -0.25) is 19.2 Å². The number of aromatic nitrogens is 2. The molecule has 2 aliphatic carbocycles. The lowest BCUT2D eigenvalue weighted by Crippen LogP contribution is -2.14. The molecule has 6 rings (SSSR count). The summed E-state index contributed by atoms with van der Waals surface area (Å²) in [6.45, 7) is 7.61. The summed E-state index contributed by atoms with van der Waals surface area (Å²) in [6, 6.07) is 25.8. The molecule has 0 amide bonds. The Morgan fingerprint density at radius 2 is 0.942 bits per heavy atom. The minimum atomic E-state index is -0.354. The average molecular weight is 703 g/mol. The first-order chi connectivity index (χ1) is 25.1.